The smallest absolute Gasteiger partial charge is 0.320 e. The molecule has 104 valence electrons. The molecular weight excluding hydrogens is 322 g/mol. The number of hydrogen-bond donors (Lipinski definition) is 5. The number of nitrogens with zero attached hydrogens (tertiary/aromatic N) is 1. The van der Waals surface area contributed by atoms with E-state index in [-0.39, 0.29) is 25.4 Å². The predicted molar refractivity (Wildman–Crippen MR) is 57.8 cm³/mol. The zero-order valence-electron chi connectivity index (χ0n) is 9.52. The van der Waals surface area contributed by atoms with Gasteiger partial charge in [-0.3, -0.25) is 14.3 Å². The summed E-state index contributed by atoms with van der Waals surface area (Å²) in [5.74, 6) is -0.987. The second kappa shape index (κ2) is 11.3. The van der Waals surface area contributed by atoms with Gasteiger partial charge in [0.1, 0.15) is 6.04 Å². The third-order valence-electron chi connectivity index (χ3n) is 1.28. The van der Waals surface area contributed by atoms with Crippen molar-refractivity contribution in [3.05, 3.63) is 0 Å². The van der Waals surface area contributed by atoms with E-state index in [2.05, 4.69) is 4.99 Å². The molecule has 0 saturated heterocycles. The van der Waals surface area contributed by atoms with E-state index < -0.39 is 22.4 Å². The fraction of sp³-hybridized carbons (Fsp3) is 0.667. The Labute approximate surface area is 117 Å². The molecule has 0 radical (unpaired) electrons. The largest absolute Gasteiger partial charge is 0.726 e. The molecule has 0 unspecified atom stereocenters. The number of carboxylic acid groups (broad SMARTS) is 1. The number of hydrogen-bond acceptors (Lipinski definition) is 6. The Hall–Kier alpha value is -0.807. The molecule has 0 aliphatic carbocycles. The van der Waals surface area contributed by atoms with Crippen molar-refractivity contribution in [3.63, 3.8) is 0 Å². The summed E-state index contributed by atoms with van der Waals surface area (Å²) < 4.78 is 32.8. The summed E-state index contributed by atoms with van der Waals surface area (Å²) >= 11 is 0. The van der Waals surface area contributed by atoms with E-state index in [0.29, 0.717) is 19.4 Å². The molecule has 0 saturated carbocycles. The molecule has 12 heteroatoms. The van der Waals surface area contributed by atoms with Gasteiger partial charge in [0.25, 0.3) is 0 Å². The molecule has 10 nitrogen and oxygen atoms in total. The van der Waals surface area contributed by atoms with Crippen LogP contribution >= 0.6 is 0 Å². The first-order valence-corrected chi connectivity index (χ1v) is 5.62. The number of guanidine groups is 1. The Morgan fingerprint density at radius 2 is 1.78 bits per heavy atom. The van der Waals surface area contributed by atoms with Crippen LogP contribution in [0.3, 0.4) is 0 Å². The fourth-order valence-electron chi connectivity index (χ4n) is 0.643. The maximum absolute atomic E-state index is 10.2. The van der Waals surface area contributed by atoms with Gasteiger partial charge in [-0.2, -0.15) is 0 Å². The first kappa shape index (κ1) is 22.4. The van der Waals surface area contributed by atoms with E-state index in [1.54, 1.807) is 0 Å². The van der Waals surface area contributed by atoms with Gasteiger partial charge in [0, 0.05) is 26.0 Å². The molecule has 1 atom stereocenters. The van der Waals surface area contributed by atoms with Crippen molar-refractivity contribution in [2.45, 2.75) is 18.9 Å². The zero-order valence-corrected chi connectivity index (χ0v) is 13.3. The minimum atomic E-state index is -4.92. The van der Waals surface area contributed by atoms with Crippen LogP contribution in [0.25, 0.3) is 0 Å². The first-order chi connectivity index (χ1) is 7.54. The molecule has 0 aromatic carbocycles. The quantitative estimate of drug-likeness (QED) is 0.0893. The SMILES string of the molecule is NC(N)=NCCC[C@H](N)C(=O)O.O=S(=O)([O-])O.[Zn]. The fourth-order valence-corrected chi connectivity index (χ4v) is 0.643. The van der Waals surface area contributed by atoms with Gasteiger partial charge >= 0.3 is 5.97 Å². The predicted octanol–water partition coefficient (Wildman–Crippen LogP) is -2.55. The van der Waals surface area contributed by atoms with Gasteiger partial charge in [-0.05, 0) is 12.8 Å². The van der Waals surface area contributed by atoms with Crippen LogP contribution in [0.5, 0.6) is 0 Å². The summed E-state index contributed by atoms with van der Waals surface area (Å²) in [6.07, 6.45) is 0.956. The summed E-state index contributed by atoms with van der Waals surface area (Å²) in [7, 11) is -4.92. The van der Waals surface area contributed by atoms with E-state index in [0.717, 1.165) is 0 Å². The van der Waals surface area contributed by atoms with Crippen LogP contribution < -0.4 is 17.2 Å². The van der Waals surface area contributed by atoms with Crippen LogP contribution in [0.15, 0.2) is 4.99 Å². The van der Waals surface area contributed by atoms with Crippen LogP contribution in [0.4, 0.5) is 0 Å². The summed E-state index contributed by atoms with van der Waals surface area (Å²) in [5.41, 5.74) is 15.3. The van der Waals surface area contributed by atoms with Crippen molar-refractivity contribution in [3.8, 4) is 0 Å². The van der Waals surface area contributed by atoms with Gasteiger partial charge in [-0.15, -0.1) is 0 Å². The maximum Gasteiger partial charge on any atom is 0.320 e. The molecule has 0 heterocycles. The average molecular weight is 337 g/mol. The Kier molecular flexibility index (Phi) is 14.0. The van der Waals surface area contributed by atoms with Gasteiger partial charge in [0.15, 0.2) is 5.96 Å². The molecule has 0 aromatic rings. The Morgan fingerprint density at radius 1 is 1.39 bits per heavy atom. The van der Waals surface area contributed by atoms with Gasteiger partial charge in [0.2, 0.25) is 10.4 Å². The molecule has 0 rings (SSSR count). The molecule has 0 aliphatic rings. The van der Waals surface area contributed by atoms with Gasteiger partial charge < -0.3 is 26.9 Å². The van der Waals surface area contributed by atoms with Crippen LogP contribution in [-0.2, 0) is 34.7 Å². The molecule has 0 aromatic heterocycles. The first-order valence-electron chi connectivity index (χ1n) is 4.26. The molecule has 8 N–H and O–H groups in total. The molecule has 0 bridgehead atoms. The van der Waals surface area contributed by atoms with Gasteiger partial charge in [0.05, 0.1) is 0 Å². The second-order valence-corrected chi connectivity index (χ2v) is 3.68. The summed E-state index contributed by atoms with van der Waals surface area (Å²) in [5, 5.41) is 8.38. The second-order valence-electron chi connectivity index (χ2n) is 2.82. The molecule has 0 fully saturated rings. The molecule has 0 spiro atoms. The number of nitrogens with two attached hydrogens (primary N) is 3. The third-order valence-corrected chi connectivity index (χ3v) is 1.28. The normalized spacial score (nSPS) is 11.3. The number of rotatable bonds is 5. The van der Waals surface area contributed by atoms with E-state index in [1.807, 2.05) is 0 Å². The van der Waals surface area contributed by atoms with Gasteiger partial charge in [-0.25, -0.2) is 8.42 Å². The van der Waals surface area contributed by atoms with E-state index in [1.165, 1.54) is 0 Å². The van der Waals surface area contributed by atoms with Crippen molar-refractivity contribution in [2.24, 2.45) is 22.2 Å². The molecule has 0 amide bonds. The van der Waals surface area contributed by atoms with Crippen molar-refractivity contribution in [1.82, 2.24) is 0 Å². The summed E-state index contributed by atoms with van der Waals surface area (Å²) in [6, 6.07) is -0.820. The van der Waals surface area contributed by atoms with E-state index in [9.17, 15) is 4.79 Å². The van der Waals surface area contributed by atoms with Crippen molar-refractivity contribution >= 4 is 22.3 Å². The number of carbonyl (C=O) groups is 1. The number of aliphatic imine (C=N–C) groups is 1. The number of aliphatic carboxylic acids is 1. The zero-order chi connectivity index (χ0) is 14.1. The standard InChI is InChI=1S/C6H14N4O2.H2O4S.Zn/c7-4(5(11)12)2-1-3-10-6(8)9;1-5(2,3)4;/h4H,1-3,7H2,(H,11,12)(H4,8,9,10);(H2,1,2,3,4);/p-1/t4-;;/m0../s1. The average Bonchev–Trinajstić information content (AvgIpc) is 2.08. The topological polar surface area (TPSA) is 205 Å². The van der Waals surface area contributed by atoms with Crippen molar-refractivity contribution < 1.29 is 46.9 Å². The Bertz CT molecular complexity index is 347. The minimum Gasteiger partial charge on any atom is -0.726 e. The van der Waals surface area contributed by atoms with Crippen molar-refractivity contribution in [2.75, 3.05) is 6.54 Å². The van der Waals surface area contributed by atoms with E-state index >= 15 is 0 Å². The van der Waals surface area contributed by atoms with Gasteiger partial charge in [-0.1, -0.05) is 0 Å². The Balaban J connectivity index is -0.000000321. The monoisotopic (exact) mass is 335 g/mol. The third kappa shape index (κ3) is 29.5. The summed E-state index contributed by atoms with van der Waals surface area (Å²) in [4.78, 5) is 13.9. The van der Waals surface area contributed by atoms with Crippen LogP contribution in [0, 0.1) is 0 Å². The minimum absolute atomic E-state index is 0. The van der Waals surface area contributed by atoms with Crippen LogP contribution in [0.1, 0.15) is 12.8 Å². The van der Waals surface area contributed by atoms with Crippen LogP contribution in [-0.4, -0.2) is 47.1 Å². The Morgan fingerprint density at radius 3 is 2.06 bits per heavy atom. The molecular formula is C6H15N4O6SZn-. The van der Waals surface area contributed by atoms with E-state index in [4.69, 9.17) is 39.8 Å². The van der Waals surface area contributed by atoms with Crippen molar-refractivity contribution in [1.29, 1.82) is 0 Å². The summed E-state index contributed by atoms with van der Waals surface area (Å²) in [6.45, 7) is 0.420. The maximum atomic E-state index is 10.2. The molecule has 0 aliphatic heterocycles. The molecule has 18 heavy (non-hydrogen) atoms. The number of carboxylic acids is 1. The van der Waals surface area contributed by atoms with Crippen LogP contribution in [0.2, 0.25) is 0 Å².